The van der Waals surface area contributed by atoms with Crippen LogP contribution in [0.5, 0.6) is 0 Å². The third kappa shape index (κ3) is 3.09. The van der Waals surface area contributed by atoms with Crippen molar-refractivity contribution < 1.29 is 0 Å². The highest BCUT2D eigenvalue weighted by Crippen LogP contribution is 2.32. The van der Waals surface area contributed by atoms with Crippen molar-refractivity contribution in [2.45, 2.75) is 9.92 Å². The van der Waals surface area contributed by atoms with Gasteiger partial charge in [-0.05, 0) is 28.1 Å². The van der Waals surface area contributed by atoms with E-state index in [1.807, 2.05) is 24.3 Å². The minimum Gasteiger partial charge on any atom is -0.368 e. The molecular formula is C10H10BrN5S. The van der Waals surface area contributed by atoms with Gasteiger partial charge in [-0.2, -0.15) is 4.98 Å². The molecule has 0 bridgehead atoms. The summed E-state index contributed by atoms with van der Waals surface area (Å²) in [5.41, 5.74) is 8.04. The lowest BCUT2D eigenvalue weighted by Gasteiger charge is -2.06. The summed E-state index contributed by atoms with van der Waals surface area (Å²) in [5, 5.41) is 0.734. The SMILES string of the molecule is NNc1cc(Sc2ccccc2Br)nc(N)n1. The first-order chi connectivity index (χ1) is 8.19. The third-order valence-electron chi connectivity index (χ3n) is 1.92. The van der Waals surface area contributed by atoms with Gasteiger partial charge in [0.2, 0.25) is 5.95 Å². The second-order valence-electron chi connectivity index (χ2n) is 3.13. The number of benzene rings is 1. The molecule has 0 aliphatic rings. The van der Waals surface area contributed by atoms with Crippen molar-refractivity contribution in [2.24, 2.45) is 5.84 Å². The molecule has 0 aliphatic heterocycles. The zero-order valence-electron chi connectivity index (χ0n) is 8.72. The second-order valence-corrected chi connectivity index (χ2v) is 5.04. The number of nitrogens with two attached hydrogens (primary N) is 2. The fourth-order valence-corrected chi connectivity index (χ4v) is 2.58. The Kier molecular flexibility index (Phi) is 3.82. The summed E-state index contributed by atoms with van der Waals surface area (Å²) >= 11 is 4.96. The maximum atomic E-state index is 5.58. The van der Waals surface area contributed by atoms with E-state index in [9.17, 15) is 0 Å². The first-order valence-electron chi connectivity index (χ1n) is 4.72. The van der Waals surface area contributed by atoms with Crippen LogP contribution in [0.25, 0.3) is 0 Å². The largest absolute Gasteiger partial charge is 0.368 e. The van der Waals surface area contributed by atoms with E-state index in [0.717, 1.165) is 14.4 Å². The van der Waals surface area contributed by atoms with Gasteiger partial charge in [-0.3, -0.25) is 0 Å². The molecule has 1 heterocycles. The van der Waals surface area contributed by atoms with E-state index in [1.54, 1.807) is 6.07 Å². The van der Waals surface area contributed by atoms with E-state index < -0.39 is 0 Å². The van der Waals surface area contributed by atoms with E-state index in [0.29, 0.717) is 5.82 Å². The van der Waals surface area contributed by atoms with Crippen LogP contribution < -0.4 is 17.0 Å². The molecule has 5 N–H and O–H groups in total. The summed E-state index contributed by atoms with van der Waals surface area (Å²) in [6, 6.07) is 9.60. The van der Waals surface area contributed by atoms with Crippen LogP contribution in [0.15, 0.2) is 44.7 Å². The van der Waals surface area contributed by atoms with Gasteiger partial charge in [-0.25, -0.2) is 10.8 Å². The lowest BCUT2D eigenvalue weighted by molar-refractivity contribution is 1.05. The summed E-state index contributed by atoms with van der Waals surface area (Å²) in [4.78, 5) is 9.10. The monoisotopic (exact) mass is 311 g/mol. The van der Waals surface area contributed by atoms with E-state index in [-0.39, 0.29) is 5.95 Å². The highest BCUT2D eigenvalue weighted by molar-refractivity contribution is 9.10. The summed E-state index contributed by atoms with van der Waals surface area (Å²) in [6.45, 7) is 0. The highest BCUT2D eigenvalue weighted by atomic mass is 79.9. The average Bonchev–Trinajstić information content (AvgIpc) is 2.31. The molecule has 0 amide bonds. The fraction of sp³-hybridized carbons (Fsp3) is 0. The van der Waals surface area contributed by atoms with Crippen molar-refractivity contribution in [1.82, 2.24) is 9.97 Å². The Bertz CT molecular complexity index is 534. The molecule has 5 nitrogen and oxygen atoms in total. The van der Waals surface area contributed by atoms with Crippen LogP contribution in [0.1, 0.15) is 0 Å². The average molecular weight is 312 g/mol. The predicted octanol–water partition coefficient (Wildman–Crippen LogP) is 2.26. The zero-order valence-corrected chi connectivity index (χ0v) is 11.1. The van der Waals surface area contributed by atoms with Gasteiger partial charge in [0, 0.05) is 15.4 Å². The van der Waals surface area contributed by atoms with Gasteiger partial charge in [-0.15, -0.1) is 0 Å². The van der Waals surface area contributed by atoms with Crippen LogP contribution in [-0.4, -0.2) is 9.97 Å². The molecule has 0 radical (unpaired) electrons. The number of halogens is 1. The molecule has 0 spiro atoms. The molecule has 1 aromatic carbocycles. The van der Waals surface area contributed by atoms with Gasteiger partial charge in [-0.1, -0.05) is 23.9 Å². The molecule has 1 aromatic heterocycles. The normalized spacial score (nSPS) is 10.2. The molecule has 17 heavy (non-hydrogen) atoms. The van der Waals surface area contributed by atoms with Crippen molar-refractivity contribution in [1.29, 1.82) is 0 Å². The lowest BCUT2D eigenvalue weighted by Crippen LogP contribution is -2.10. The molecule has 0 aliphatic carbocycles. The maximum absolute atomic E-state index is 5.58. The molecule has 88 valence electrons. The van der Waals surface area contributed by atoms with Crippen molar-refractivity contribution in [2.75, 3.05) is 11.2 Å². The van der Waals surface area contributed by atoms with Gasteiger partial charge >= 0.3 is 0 Å². The molecule has 2 rings (SSSR count). The number of nitrogens with zero attached hydrogens (tertiary/aromatic N) is 2. The third-order valence-corrected chi connectivity index (χ3v) is 3.87. The molecule has 0 saturated carbocycles. The fourth-order valence-electron chi connectivity index (χ4n) is 1.21. The van der Waals surface area contributed by atoms with Crippen molar-refractivity contribution in [3.05, 3.63) is 34.8 Å². The van der Waals surface area contributed by atoms with Gasteiger partial charge in [0.1, 0.15) is 10.8 Å². The van der Waals surface area contributed by atoms with E-state index in [2.05, 4.69) is 31.3 Å². The molecule has 0 saturated heterocycles. The van der Waals surface area contributed by atoms with Gasteiger partial charge in [0.05, 0.1) is 0 Å². The molecule has 0 unspecified atom stereocenters. The van der Waals surface area contributed by atoms with Gasteiger partial charge in [0.15, 0.2) is 0 Å². The van der Waals surface area contributed by atoms with Crippen LogP contribution in [0.2, 0.25) is 0 Å². The quantitative estimate of drug-likeness (QED) is 0.457. The molecule has 2 aromatic rings. The Balaban J connectivity index is 2.30. The Morgan fingerprint density at radius 1 is 1.24 bits per heavy atom. The minimum absolute atomic E-state index is 0.190. The van der Waals surface area contributed by atoms with E-state index in [1.165, 1.54) is 11.8 Å². The molecular weight excluding hydrogens is 302 g/mol. The second kappa shape index (κ2) is 5.35. The predicted molar refractivity (Wildman–Crippen MR) is 72.5 cm³/mol. The van der Waals surface area contributed by atoms with E-state index >= 15 is 0 Å². The van der Waals surface area contributed by atoms with Gasteiger partial charge in [0.25, 0.3) is 0 Å². The van der Waals surface area contributed by atoms with Crippen LogP contribution >= 0.6 is 27.7 Å². The first kappa shape index (κ1) is 12.2. The number of aromatic nitrogens is 2. The first-order valence-corrected chi connectivity index (χ1v) is 6.33. The van der Waals surface area contributed by atoms with Crippen LogP contribution in [0, 0.1) is 0 Å². The van der Waals surface area contributed by atoms with Crippen LogP contribution in [0.4, 0.5) is 11.8 Å². The number of hydrazine groups is 1. The zero-order chi connectivity index (χ0) is 12.3. The van der Waals surface area contributed by atoms with Crippen molar-refractivity contribution in [3.63, 3.8) is 0 Å². The molecule has 7 heteroatoms. The Morgan fingerprint density at radius 3 is 2.71 bits per heavy atom. The summed E-state index contributed by atoms with van der Waals surface area (Å²) in [5.74, 6) is 5.98. The number of rotatable bonds is 3. The number of nitrogens with one attached hydrogen (secondary N) is 1. The van der Waals surface area contributed by atoms with Gasteiger partial charge < -0.3 is 11.2 Å². The van der Waals surface area contributed by atoms with Crippen molar-refractivity contribution >= 4 is 39.5 Å². The lowest BCUT2D eigenvalue weighted by atomic mass is 10.4. The Hall–Kier alpha value is -1.31. The van der Waals surface area contributed by atoms with Crippen LogP contribution in [-0.2, 0) is 0 Å². The maximum Gasteiger partial charge on any atom is 0.223 e. The van der Waals surface area contributed by atoms with Crippen LogP contribution in [0.3, 0.4) is 0 Å². The number of hydrogen-bond donors (Lipinski definition) is 3. The Labute approximate surface area is 111 Å². The summed E-state index contributed by atoms with van der Waals surface area (Å²) < 4.78 is 1.00. The summed E-state index contributed by atoms with van der Waals surface area (Å²) in [7, 11) is 0. The standard InChI is InChI=1S/C10H10BrN5S/c11-6-3-1-2-4-7(6)17-9-5-8(16-13)14-10(12)15-9/h1-5H,13H2,(H3,12,14,15,16). The topological polar surface area (TPSA) is 89.8 Å². The highest BCUT2D eigenvalue weighted by Gasteiger charge is 2.05. The minimum atomic E-state index is 0.190. The smallest absolute Gasteiger partial charge is 0.223 e. The number of hydrogen-bond acceptors (Lipinski definition) is 6. The summed E-state index contributed by atoms with van der Waals surface area (Å²) in [6.07, 6.45) is 0. The molecule has 0 fully saturated rings. The number of anilines is 2. The Morgan fingerprint density at radius 2 is 2.00 bits per heavy atom. The van der Waals surface area contributed by atoms with E-state index in [4.69, 9.17) is 11.6 Å². The van der Waals surface area contributed by atoms with Crippen molar-refractivity contribution in [3.8, 4) is 0 Å². The number of nitrogen functional groups attached to an aromatic ring is 2. The molecule has 0 atom stereocenters.